The van der Waals surface area contributed by atoms with Crippen LogP contribution in [-0.4, -0.2) is 31.2 Å². The van der Waals surface area contributed by atoms with Crippen LogP contribution in [0, 0.1) is 6.92 Å². The summed E-state index contributed by atoms with van der Waals surface area (Å²) in [6.45, 7) is 1.99. The Balaban J connectivity index is 3.10. The largest absolute Gasteiger partial charge is 0.496 e. The van der Waals surface area contributed by atoms with Crippen LogP contribution >= 0.6 is 0 Å². The first-order chi connectivity index (χ1) is 6.56. The van der Waals surface area contributed by atoms with E-state index in [1.807, 2.05) is 39.2 Å². The first-order valence-electron chi connectivity index (χ1n) is 4.55. The number of methoxy groups -OCH3 is 1. The van der Waals surface area contributed by atoms with Crippen molar-refractivity contribution in [1.29, 1.82) is 0 Å². The van der Waals surface area contributed by atoms with Crippen molar-refractivity contribution in [1.82, 2.24) is 4.90 Å². The molecule has 1 rings (SSSR count). The van der Waals surface area contributed by atoms with E-state index in [1.54, 1.807) is 12.0 Å². The molecule has 0 radical (unpaired) electrons. The standard InChI is InChI=1S/C11H17NO2/c1-8-5-6-10(14-4)9(7-8)11(13)12(2)3/h5-7,11,13H,1-4H3. The van der Waals surface area contributed by atoms with Gasteiger partial charge in [-0.1, -0.05) is 11.6 Å². The van der Waals surface area contributed by atoms with E-state index in [-0.39, 0.29) is 0 Å². The van der Waals surface area contributed by atoms with Crippen LogP contribution in [-0.2, 0) is 0 Å². The minimum atomic E-state index is -0.621. The summed E-state index contributed by atoms with van der Waals surface area (Å²) in [4.78, 5) is 1.73. The van der Waals surface area contributed by atoms with Crippen LogP contribution in [0.1, 0.15) is 17.4 Å². The van der Waals surface area contributed by atoms with Gasteiger partial charge in [0.15, 0.2) is 0 Å². The topological polar surface area (TPSA) is 32.7 Å². The molecule has 1 unspecified atom stereocenters. The highest BCUT2D eigenvalue weighted by Crippen LogP contribution is 2.26. The maximum atomic E-state index is 9.88. The minimum absolute atomic E-state index is 0.621. The zero-order valence-electron chi connectivity index (χ0n) is 9.11. The molecule has 0 amide bonds. The summed E-state index contributed by atoms with van der Waals surface area (Å²) in [6.07, 6.45) is -0.621. The Bertz CT molecular complexity index is 310. The number of ether oxygens (including phenoxy) is 1. The number of hydrogen-bond acceptors (Lipinski definition) is 3. The molecule has 0 aliphatic rings. The molecule has 0 aliphatic carbocycles. The van der Waals surface area contributed by atoms with E-state index in [9.17, 15) is 5.11 Å². The Labute approximate surface area is 84.9 Å². The van der Waals surface area contributed by atoms with Crippen molar-refractivity contribution in [2.45, 2.75) is 13.2 Å². The molecule has 0 spiro atoms. The molecule has 3 heteroatoms. The van der Waals surface area contributed by atoms with Gasteiger partial charge in [-0.25, -0.2) is 0 Å². The van der Waals surface area contributed by atoms with Crippen molar-refractivity contribution in [2.24, 2.45) is 0 Å². The van der Waals surface area contributed by atoms with Crippen LogP contribution < -0.4 is 4.74 Å². The van der Waals surface area contributed by atoms with E-state index in [1.165, 1.54) is 0 Å². The first-order valence-corrected chi connectivity index (χ1v) is 4.55. The molecular weight excluding hydrogens is 178 g/mol. The van der Waals surface area contributed by atoms with E-state index in [0.29, 0.717) is 0 Å². The molecule has 0 heterocycles. The summed E-state index contributed by atoms with van der Waals surface area (Å²) in [5.74, 6) is 0.719. The van der Waals surface area contributed by atoms with E-state index in [2.05, 4.69) is 0 Å². The Morgan fingerprint density at radius 1 is 1.36 bits per heavy atom. The van der Waals surface area contributed by atoms with Crippen molar-refractivity contribution in [3.05, 3.63) is 29.3 Å². The molecule has 0 aromatic heterocycles. The van der Waals surface area contributed by atoms with Gasteiger partial charge < -0.3 is 9.84 Å². The normalized spacial score (nSPS) is 13.0. The monoisotopic (exact) mass is 195 g/mol. The molecule has 14 heavy (non-hydrogen) atoms. The molecule has 0 saturated heterocycles. The third kappa shape index (κ3) is 2.25. The van der Waals surface area contributed by atoms with Crippen molar-refractivity contribution < 1.29 is 9.84 Å². The number of aryl methyl sites for hydroxylation is 1. The molecule has 0 bridgehead atoms. The minimum Gasteiger partial charge on any atom is -0.496 e. The smallest absolute Gasteiger partial charge is 0.136 e. The summed E-state index contributed by atoms with van der Waals surface area (Å²) in [7, 11) is 5.26. The summed E-state index contributed by atoms with van der Waals surface area (Å²) < 4.78 is 5.18. The molecule has 78 valence electrons. The molecule has 1 atom stereocenters. The molecule has 1 aromatic carbocycles. The Morgan fingerprint density at radius 3 is 2.50 bits per heavy atom. The van der Waals surface area contributed by atoms with Crippen molar-refractivity contribution >= 4 is 0 Å². The van der Waals surface area contributed by atoms with Gasteiger partial charge in [-0.2, -0.15) is 0 Å². The Morgan fingerprint density at radius 2 is 2.00 bits per heavy atom. The lowest BCUT2D eigenvalue weighted by Crippen LogP contribution is -2.19. The summed E-state index contributed by atoms with van der Waals surface area (Å²) in [5, 5.41) is 9.88. The average Bonchev–Trinajstić information content (AvgIpc) is 2.16. The Kier molecular flexibility index (Phi) is 3.49. The van der Waals surface area contributed by atoms with Crippen LogP contribution in [0.15, 0.2) is 18.2 Å². The zero-order valence-corrected chi connectivity index (χ0v) is 9.11. The third-order valence-electron chi connectivity index (χ3n) is 2.15. The predicted molar refractivity (Wildman–Crippen MR) is 56.4 cm³/mol. The van der Waals surface area contributed by atoms with Crippen molar-refractivity contribution in [3.8, 4) is 5.75 Å². The SMILES string of the molecule is COc1ccc(C)cc1C(O)N(C)C. The number of rotatable bonds is 3. The van der Waals surface area contributed by atoms with E-state index in [0.717, 1.165) is 16.9 Å². The fraction of sp³-hybridized carbons (Fsp3) is 0.455. The summed E-state index contributed by atoms with van der Waals surface area (Å²) in [6, 6.07) is 5.77. The maximum Gasteiger partial charge on any atom is 0.136 e. The second-order valence-corrected chi connectivity index (χ2v) is 3.58. The molecular formula is C11H17NO2. The molecule has 0 saturated carbocycles. The summed E-state index contributed by atoms with van der Waals surface area (Å²) in [5.41, 5.74) is 1.92. The molecule has 1 N–H and O–H groups in total. The second-order valence-electron chi connectivity index (χ2n) is 3.58. The molecule has 1 aromatic rings. The van der Waals surface area contributed by atoms with Gasteiger partial charge in [0.2, 0.25) is 0 Å². The van der Waals surface area contributed by atoms with E-state index < -0.39 is 6.23 Å². The van der Waals surface area contributed by atoms with Gasteiger partial charge in [-0.05, 0) is 33.2 Å². The third-order valence-corrected chi connectivity index (χ3v) is 2.15. The van der Waals surface area contributed by atoms with Crippen molar-refractivity contribution in [2.75, 3.05) is 21.2 Å². The van der Waals surface area contributed by atoms with Gasteiger partial charge in [-0.15, -0.1) is 0 Å². The maximum absolute atomic E-state index is 9.88. The average molecular weight is 195 g/mol. The van der Waals surface area contributed by atoms with E-state index in [4.69, 9.17) is 4.74 Å². The predicted octanol–water partition coefficient (Wildman–Crippen LogP) is 1.56. The van der Waals surface area contributed by atoms with Gasteiger partial charge in [0.05, 0.1) is 7.11 Å². The lowest BCUT2D eigenvalue weighted by Gasteiger charge is -2.21. The van der Waals surface area contributed by atoms with Crippen molar-refractivity contribution in [3.63, 3.8) is 0 Å². The van der Waals surface area contributed by atoms with Crippen LogP contribution in [0.2, 0.25) is 0 Å². The molecule has 0 fully saturated rings. The zero-order chi connectivity index (χ0) is 10.7. The Hall–Kier alpha value is -1.06. The lowest BCUT2D eigenvalue weighted by molar-refractivity contribution is 0.0374. The van der Waals surface area contributed by atoms with Gasteiger partial charge >= 0.3 is 0 Å². The van der Waals surface area contributed by atoms with Gasteiger partial charge in [0.1, 0.15) is 12.0 Å². The van der Waals surface area contributed by atoms with Crippen LogP contribution in [0.25, 0.3) is 0 Å². The quantitative estimate of drug-likeness (QED) is 0.743. The number of aliphatic hydroxyl groups is 1. The van der Waals surface area contributed by atoms with E-state index >= 15 is 0 Å². The van der Waals surface area contributed by atoms with Gasteiger partial charge in [0.25, 0.3) is 0 Å². The molecule has 0 aliphatic heterocycles. The lowest BCUT2D eigenvalue weighted by atomic mass is 10.1. The number of hydrogen-bond donors (Lipinski definition) is 1. The number of benzene rings is 1. The summed E-state index contributed by atoms with van der Waals surface area (Å²) >= 11 is 0. The fourth-order valence-corrected chi connectivity index (χ4v) is 1.33. The highest BCUT2D eigenvalue weighted by Gasteiger charge is 2.14. The number of aliphatic hydroxyl groups excluding tert-OH is 1. The number of nitrogens with zero attached hydrogens (tertiary/aromatic N) is 1. The van der Waals surface area contributed by atoms with Gasteiger partial charge in [0, 0.05) is 5.56 Å². The highest BCUT2D eigenvalue weighted by molar-refractivity contribution is 5.38. The molecule has 3 nitrogen and oxygen atoms in total. The van der Waals surface area contributed by atoms with Crippen LogP contribution in [0.3, 0.4) is 0 Å². The second kappa shape index (κ2) is 4.44. The van der Waals surface area contributed by atoms with Crippen LogP contribution in [0.4, 0.5) is 0 Å². The van der Waals surface area contributed by atoms with Crippen LogP contribution in [0.5, 0.6) is 5.75 Å². The van der Waals surface area contributed by atoms with Gasteiger partial charge in [-0.3, -0.25) is 4.90 Å². The first kappa shape index (κ1) is 11.0. The fourth-order valence-electron chi connectivity index (χ4n) is 1.33. The highest BCUT2D eigenvalue weighted by atomic mass is 16.5.